The number of halogens is 1. The molecule has 64 heavy (non-hydrogen) atoms. The van der Waals surface area contributed by atoms with Crippen LogP contribution in [0.4, 0.5) is 11.9 Å². The Labute approximate surface area is 378 Å². The standard InChI is InChI=1S/C43H53IN12O8/c1-4-55-35-29(26(3)52-55)12-6-5-7-16-56-32(20-25(2)51-56)40(60)49-42-47-30-21-27(38(45)58)23-33(63-18-10-13-44-62)36(30)53(42)14-8-9-15-54-37-31(48-43(54)50-41(35)61)22-28(39(46)59)24-34(37)64-19-11-17-57/h20-24,57H,4-19H2,1-3H3,(H2,45,58)(H2,46,59)(H,47,49,60)(H,48,50,61). The van der Waals surface area contributed by atoms with E-state index in [0.29, 0.717) is 120 Å². The second-order valence-corrected chi connectivity index (χ2v) is 17.3. The van der Waals surface area contributed by atoms with Crippen LogP contribution >= 0.6 is 21.2 Å². The number of fused-ring (bicyclic) bond motifs is 8. The number of hydrogen-bond acceptors (Lipinski definition) is 12. The van der Waals surface area contributed by atoms with Gasteiger partial charge in [-0.05, 0) is 89.6 Å². The normalized spacial score (nSPS) is 14.2. The fraction of sp³-hybridized carbons (Fsp3) is 0.442. The number of nitrogens with two attached hydrogens (primary N) is 2. The van der Waals surface area contributed by atoms with Crippen molar-refractivity contribution < 1.29 is 36.8 Å². The molecule has 0 spiro atoms. The van der Waals surface area contributed by atoms with Crippen LogP contribution in [0.25, 0.3) is 22.1 Å². The second kappa shape index (κ2) is 20.5. The van der Waals surface area contributed by atoms with E-state index in [4.69, 9.17) is 36.0 Å². The van der Waals surface area contributed by atoms with Crippen LogP contribution in [0, 0.1) is 13.8 Å². The summed E-state index contributed by atoms with van der Waals surface area (Å²) in [4.78, 5) is 63.2. The first-order valence-electron chi connectivity index (χ1n) is 21.4. The number of nitrogens with one attached hydrogen (secondary N) is 2. The van der Waals surface area contributed by atoms with Gasteiger partial charge in [0.2, 0.25) is 23.7 Å². The van der Waals surface area contributed by atoms with Crippen molar-refractivity contribution in [3.05, 3.63) is 69.8 Å². The lowest BCUT2D eigenvalue weighted by molar-refractivity contribution is 0.0991. The molecule has 0 saturated carbocycles. The van der Waals surface area contributed by atoms with E-state index in [1.165, 1.54) is 6.07 Å². The molecule has 0 radical (unpaired) electrons. The van der Waals surface area contributed by atoms with Crippen LogP contribution in [0.2, 0.25) is 0 Å². The molecule has 4 aromatic heterocycles. The van der Waals surface area contributed by atoms with Crippen LogP contribution in [0.5, 0.6) is 11.5 Å². The van der Waals surface area contributed by atoms with E-state index in [9.17, 15) is 27.4 Å². The molecule has 2 aromatic carbocycles. The van der Waals surface area contributed by atoms with Gasteiger partial charge in [0, 0.05) is 60.3 Å². The molecule has 0 fully saturated rings. The van der Waals surface area contributed by atoms with E-state index in [-0.39, 0.29) is 42.8 Å². The summed E-state index contributed by atoms with van der Waals surface area (Å²) in [6.45, 7) is 7.44. The lowest BCUT2D eigenvalue weighted by Gasteiger charge is -2.16. The maximum atomic E-state index is 14.5. The van der Waals surface area contributed by atoms with Gasteiger partial charge in [-0.1, -0.05) is 6.42 Å². The average Bonchev–Trinajstić information content (AvgIpc) is 4.01. The monoisotopic (exact) mass is 992 g/mol. The number of aromatic nitrogens is 8. The summed E-state index contributed by atoms with van der Waals surface area (Å²) in [5, 5.41) is 25.0. The molecular formula is C43H53IN12O8. The summed E-state index contributed by atoms with van der Waals surface area (Å²) in [5.41, 5.74) is 16.6. The van der Waals surface area contributed by atoms with Crippen molar-refractivity contribution in [3.63, 3.8) is 0 Å². The van der Waals surface area contributed by atoms with Crippen LogP contribution in [0.1, 0.15) is 111 Å². The van der Waals surface area contributed by atoms with Gasteiger partial charge < -0.3 is 35.2 Å². The molecular weight excluding hydrogens is 939 g/mol. The van der Waals surface area contributed by atoms with E-state index >= 15 is 0 Å². The van der Waals surface area contributed by atoms with Gasteiger partial charge in [-0.3, -0.25) is 42.2 Å². The molecule has 4 amide bonds. The van der Waals surface area contributed by atoms with Gasteiger partial charge in [-0.25, -0.2) is 9.97 Å². The molecule has 0 aliphatic carbocycles. The van der Waals surface area contributed by atoms with Crippen LogP contribution in [-0.2, 0) is 35.7 Å². The van der Waals surface area contributed by atoms with Gasteiger partial charge in [-0.2, -0.15) is 10.2 Å². The third-order valence-corrected chi connectivity index (χ3v) is 12.2. The highest BCUT2D eigenvalue weighted by atomic mass is 127. The highest BCUT2D eigenvalue weighted by Gasteiger charge is 2.26. The van der Waals surface area contributed by atoms with Gasteiger partial charge in [0.05, 0.1) is 35.6 Å². The number of aryl methyl sites for hydroxylation is 6. The number of benzene rings is 2. The minimum atomic E-state index is -1.19. The summed E-state index contributed by atoms with van der Waals surface area (Å²) in [7, 11) is 0. The van der Waals surface area contributed by atoms with Crippen molar-refractivity contribution >= 4 is 78.8 Å². The van der Waals surface area contributed by atoms with E-state index in [1.807, 2.05) is 29.9 Å². The quantitative estimate of drug-likeness (QED) is 0.0604. The summed E-state index contributed by atoms with van der Waals surface area (Å²) in [5.74, 6) is -1.12. The SMILES string of the molecule is CCn1nc(C)c2c1C(=O)Nc1nc3cc(C(N)=O)cc(OCCCO)c3n1CCCCn1c(nc3cc(C(N)=O)cc(OCCCI=O)c31)NC(=O)c1cc(C)nn1CCCCC2. The molecule has 1 aliphatic rings. The molecule has 340 valence electrons. The predicted octanol–water partition coefficient (Wildman–Crippen LogP) is 5.17. The number of alkyl halides is 1. The second-order valence-electron chi connectivity index (χ2n) is 15.6. The smallest absolute Gasteiger partial charge is 0.276 e. The number of aliphatic hydroxyl groups is 1. The summed E-state index contributed by atoms with van der Waals surface area (Å²) in [6.07, 6.45) is 4.63. The van der Waals surface area contributed by atoms with Gasteiger partial charge >= 0.3 is 0 Å². The number of anilines is 2. The van der Waals surface area contributed by atoms with Gasteiger partial charge in [-0.15, -0.1) is 0 Å². The van der Waals surface area contributed by atoms with Crippen molar-refractivity contribution in [1.82, 2.24) is 38.7 Å². The fourth-order valence-electron chi connectivity index (χ4n) is 8.03. The Bertz CT molecular complexity index is 2730. The number of aliphatic hydroxyl groups excluding tert-OH is 1. The Morgan fingerprint density at radius 1 is 0.781 bits per heavy atom. The molecule has 7 N–H and O–H groups in total. The first kappa shape index (κ1) is 45.8. The number of hydrogen-bond donors (Lipinski definition) is 5. The summed E-state index contributed by atoms with van der Waals surface area (Å²) < 4.78 is 31.2. The van der Waals surface area contributed by atoms with Crippen LogP contribution in [0.15, 0.2) is 30.3 Å². The molecule has 0 saturated heterocycles. The van der Waals surface area contributed by atoms with Gasteiger partial charge in [0.1, 0.15) is 55.1 Å². The third-order valence-electron chi connectivity index (χ3n) is 11.0. The lowest BCUT2D eigenvalue weighted by Crippen LogP contribution is -2.21. The maximum Gasteiger partial charge on any atom is 0.276 e. The Hall–Kier alpha value is -6.23. The molecule has 7 rings (SSSR count). The van der Waals surface area contributed by atoms with Crippen molar-refractivity contribution in [2.45, 2.75) is 98.3 Å². The fourth-order valence-corrected chi connectivity index (χ4v) is 8.66. The zero-order valence-electron chi connectivity index (χ0n) is 36.1. The topological polar surface area (TPSA) is 271 Å². The molecule has 21 heteroatoms. The molecule has 5 heterocycles. The number of carbonyl (C=O) groups excluding carboxylic acids is 4. The van der Waals surface area contributed by atoms with E-state index in [0.717, 1.165) is 24.1 Å². The van der Waals surface area contributed by atoms with Gasteiger partial charge in [0.25, 0.3) is 11.8 Å². The molecule has 0 unspecified atom stereocenters. The van der Waals surface area contributed by atoms with Crippen molar-refractivity contribution in [2.75, 3.05) is 34.9 Å². The average molecular weight is 993 g/mol. The number of rotatable bonds is 12. The number of primary amides is 2. The van der Waals surface area contributed by atoms with Crippen LogP contribution < -0.4 is 31.6 Å². The molecule has 6 aromatic rings. The Morgan fingerprint density at radius 3 is 1.92 bits per heavy atom. The van der Waals surface area contributed by atoms with Crippen LogP contribution in [-0.4, -0.2) is 91.6 Å². The number of imidazole rings is 2. The Morgan fingerprint density at radius 2 is 1.36 bits per heavy atom. The third kappa shape index (κ3) is 9.93. The number of nitrogens with zero attached hydrogens (tertiary/aromatic N) is 8. The molecule has 0 bridgehead atoms. The first-order valence-corrected chi connectivity index (χ1v) is 23.8. The Kier molecular flexibility index (Phi) is 14.7. The number of amides is 4. The van der Waals surface area contributed by atoms with Crippen molar-refractivity contribution in [3.8, 4) is 11.5 Å². The minimum absolute atomic E-state index is 0.112. The number of ether oxygens (including phenoxy) is 2. The lowest BCUT2D eigenvalue weighted by atomic mass is 10.0. The van der Waals surface area contributed by atoms with E-state index in [2.05, 4.69) is 15.7 Å². The Balaban J connectivity index is 1.34. The highest BCUT2D eigenvalue weighted by molar-refractivity contribution is 14.1. The highest BCUT2D eigenvalue weighted by Crippen LogP contribution is 2.34. The van der Waals surface area contributed by atoms with Crippen molar-refractivity contribution in [1.29, 1.82) is 0 Å². The molecule has 0 atom stereocenters. The van der Waals surface area contributed by atoms with Crippen molar-refractivity contribution in [2.24, 2.45) is 11.5 Å². The largest absolute Gasteiger partial charge is 0.491 e. The summed E-state index contributed by atoms with van der Waals surface area (Å²) in [6, 6.07) is 7.92. The first-order chi connectivity index (χ1) is 30.9. The van der Waals surface area contributed by atoms with Crippen LogP contribution in [0.3, 0.4) is 0 Å². The van der Waals surface area contributed by atoms with Gasteiger partial charge in [0.15, 0.2) is 0 Å². The number of carbonyl (C=O) groups is 4. The van der Waals surface area contributed by atoms with E-state index < -0.39 is 44.8 Å². The van der Waals surface area contributed by atoms with E-state index in [1.54, 1.807) is 33.6 Å². The molecule has 1 aliphatic heterocycles. The maximum absolute atomic E-state index is 14.5. The predicted molar refractivity (Wildman–Crippen MR) is 246 cm³/mol. The zero-order chi connectivity index (χ0) is 45.5. The zero-order valence-corrected chi connectivity index (χ0v) is 38.3. The minimum Gasteiger partial charge on any atom is -0.491 e. The molecule has 20 nitrogen and oxygen atoms in total. The summed E-state index contributed by atoms with van der Waals surface area (Å²) >= 11 is -1.19.